The van der Waals surface area contributed by atoms with Gasteiger partial charge in [0.15, 0.2) is 0 Å². The molecule has 1 spiro atoms. The Balaban J connectivity index is 1.48. The molecule has 3 heteroatoms. The highest BCUT2D eigenvalue weighted by atomic mass is 16.5. The molecule has 0 saturated heterocycles. The number of para-hydroxylation sites is 1. The van der Waals surface area contributed by atoms with E-state index in [0.29, 0.717) is 23.6 Å². The van der Waals surface area contributed by atoms with Crippen molar-refractivity contribution in [2.75, 3.05) is 13.2 Å². The molecule has 0 amide bonds. The third-order valence-corrected chi connectivity index (χ3v) is 5.79. The minimum atomic E-state index is 0.353. The van der Waals surface area contributed by atoms with Crippen LogP contribution in [0.2, 0.25) is 0 Å². The van der Waals surface area contributed by atoms with Crippen molar-refractivity contribution in [1.82, 2.24) is 5.32 Å². The highest BCUT2D eigenvalue weighted by molar-refractivity contribution is 5.39. The van der Waals surface area contributed by atoms with E-state index in [-0.39, 0.29) is 0 Å². The van der Waals surface area contributed by atoms with E-state index in [9.17, 15) is 0 Å². The van der Waals surface area contributed by atoms with E-state index in [0.717, 1.165) is 25.4 Å². The van der Waals surface area contributed by atoms with Crippen LogP contribution in [0.5, 0.6) is 5.75 Å². The van der Waals surface area contributed by atoms with Crippen molar-refractivity contribution in [3.8, 4) is 5.75 Å². The summed E-state index contributed by atoms with van der Waals surface area (Å²) in [6, 6.07) is 9.37. The van der Waals surface area contributed by atoms with Gasteiger partial charge < -0.3 is 14.8 Å². The zero-order valence-corrected chi connectivity index (χ0v) is 12.8. The summed E-state index contributed by atoms with van der Waals surface area (Å²) in [6.45, 7) is 3.73. The Bertz CT molecular complexity index is 510. The predicted octanol–water partition coefficient (Wildman–Crippen LogP) is 3.45. The Kier molecular flexibility index (Phi) is 3.43. The van der Waals surface area contributed by atoms with Crippen LogP contribution in [0.15, 0.2) is 24.3 Å². The number of hydrogen-bond donors (Lipinski definition) is 1. The molecule has 3 aliphatic rings. The molecule has 3 unspecified atom stereocenters. The van der Waals surface area contributed by atoms with E-state index in [4.69, 9.17) is 9.47 Å². The maximum absolute atomic E-state index is 6.01. The first kappa shape index (κ1) is 13.6. The van der Waals surface area contributed by atoms with Crippen LogP contribution < -0.4 is 10.1 Å². The molecule has 2 saturated carbocycles. The van der Waals surface area contributed by atoms with E-state index >= 15 is 0 Å². The second-order valence-electron chi connectivity index (χ2n) is 6.74. The van der Waals surface area contributed by atoms with Gasteiger partial charge in [0.1, 0.15) is 12.4 Å². The molecule has 1 N–H and O–H groups in total. The number of ether oxygens (including phenoxy) is 2. The molecule has 3 atom stereocenters. The second kappa shape index (κ2) is 5.29. The number of hydrogen-bond acceptors (Lipinski definition) is 3. The Morgan fingerprint density at radius 1 is 1.29 bits per heavy atom. The third-order valence-electron chi connectivity index (χ3n) is 5.79. The Labute approximate surface area is 127 Å². The quantitative estimate of drug-likeness (QED) is 0.920. The topological polar surface area (TPSA) is 30.5 Å². The zero-order valence-electron chi connectivity index (χ0n) is 12.8. The van der Waals surface area contributed by atoms with Gasteiger partial charge in [0.05, 0.1) is 12.1 Å². The van der Waals surface area contributed by atoms with Crippen LogP contribution in [0.1, 0.15) is 50.6 Å². The molecule has 3 nitrogen and oxygen atoms in total. The number of nitrogens with one attached hydrogen (secondary N) is 1. The van der Waals surface area contributed by atoms with Crippen LogP contribution in [0.3, 0.4) is 0 Å². The molecule has 1 heterocycles. The lowest BCUT2D eigenvalue weighted by atomic mass is 9.60. The monoisotopic (exact) mass is 287 g/mol. The molecular formula is C18H25NO2. The van der Waals surface area contributed by atoms with E-state index in [1.807, 2.05) is 6.07 Å². The minimum absolute atomic E-state index is 0.353. The highest BCUT2D eigenvalue weighted by Crippen LogP contribution is 2.55. The largest absolute Gasteiger partial charge is 0.491 e. The summed E-state index contributed by atoms with van der Waals surface area (Å²) in [4.78, 5) is 0. The average Bonchev–Trinajstić information content (AvgIpc) is 3.15. The Morgan fingerprint density at radius 2 is 2.10 bits per heavy atom. The smallest absolute Gasteiger partial charge is 0.124 e. The fourth-order valence-corrected chi connectivity index (χ4v) is 4.66. The standard InChI is InChI=1S/C18H25NO2/c1-2-20-17-11-16(18(17)9-5-6-10-18)19-14-12-21-15-8-4-3-7-13(14)15/h3-4,7-8,14,16-17,19H,2,5-6,9-12H2,1H3. The van der Waals surface area contributed by atoms with Crippen molar-refractivity contribution in [3.05, 3.63) is 29.8 Å². The lowest BCUT2D eigenvalue weighted by molar-refractivity contribution is -0.133. The maximum atomic E-state index is 6.01. The summed E-state index contributed by atoms with van der Waals surface area (Å²) in [5.74, 6) is 1.05. The molecule has 0 aromatic heterocycles. The number of benzene rings is 1. The van der Waals surface area contributed by atoms with Crippen LogP contribution in [0, 0.1) is 5.41 Å². The first-order valence-electron chi connectivity index (χ1n) is 8.43. The van der Waals surface area contributed by atoms with Gasteiger partial charge in [-0.15, -0.1) is 0 Å². The zero-order chi connectivity index (χ0) is 14.3. The van der Waals surface area contributed by atoms with Crippen molar-refractivity contribution < 1.29 is 9.47 Å². The van der Waals surface area contributed by atoms with Gasteiger partial charge in [0.2, 0.25) is 0 Å². The Hall–Kier alpha value is -1.06. The molecular weight excluding hydrogens is 262 g/mol. The number of rotatable bonds is 4. The van der Waals surface area contributed by atoms with Gasteiger partial charge >= 0.3 is 0 Å². The van der Waals surface area contributed by atoms with Gasteiger partial charge in [-0.25, -0.2) is 0 Å². The minimum Gasteiger partial charge on any atom is -0.491 e. The maximum Gasteiger partial charge on any atom is 0.124 e. The molecule has 2 fully saturated rings. The van der Waals surface area contributed by atoms with Gasteiger partial charge in [0.25, 0.3) is 0 Å². The van der Waals surface area contributed by atoms with Crippen LogP contribution in [0.4, 0.5) is 0 Å². The summed E-state index contributed by atoms with van der Waals surface area (Å²) in [5, 5.41) is 3.89. The molecule has 1 aromatic carbocycles. The van der Waals surface area contributed by atoms with E-state index in [1.165, 1.54) is 31.2 Å². The normalized spacial score (nSPS) is 32.7. The van der Waals surface area contributed by atoms with Gasteiger partial charge in [0, 0.05) is 23.6 Å². The van der Waals surface area contributed by atoms with Crippen LogP contribution in [0.25, 0.3) is 0 Å². The SMILES string of the molecule is CCOC1CC(NC2COc3ccccc32)C12CCCC2. The lowest BCUT2D eigenvalue weighted by Gasteiger charge is -2.55. The summed E-state index contributed by atoms with van der Waals surface area (Å²) in [6.07, 6.45) is 7.00. The van der Waals surface area contributed by atoms with Gasteiger partial charge in [-0.05, 0) is 32.3 Å². The summed E-state index contributed by atoms with van der Waals surface area (Å²) in [7, 11) is 0. The van der Waals surface area contributed by atoms with Crippen molar-refractivity contribution in [3.63, 3.8) is 0 Å². The predicted molar refractivity (Wildman–Crippen MR) is 82.5 cm³/mol. The fraction of sp³-hybridized carbons (Fsp3) is 0.667. The van der Waals surface area contributed by atoms with E-state index < -0.39 is 0 Å². The van der Waals surface area contributed by atoms with Crippen LogP contribution >= 0.6 is 0 Å². The van der Waals surface area contributed by atoms with Crippen LogP contribution in [-0.2, 0) is 4.74 Å². The van der Waals surface area contributed by atoms with Gasteiger partial charge in [-0.2, -0.15) is 0 Å². The molecule has 0 bridgehead atoms. The molecule has 0 radical (unpaired) electrons. The van der Waals surface area contributed by atoms with Crippen molar-refractivity contribution in [1.29, 1.82) is 0 Å². The Morgan fingerprint density at radius 3 is 2.90 bits per heavy atom. The van der Waals surface area contributed by atoms with Crippen molar-refractivity contribution in [2.24, 2.45) is 5.41 Å². The van der Waals surface area contributed by atoms with Crippen LogP contribution in [-0.4, -0.2) is 25.4 Å². The molecule has 2 aliphatic carbocycles. The van der Waals surface area contributed by atoms with Crippen molar-refractivity contribution in [2.45, 2.75) is 57.2 Å². The molecule has 4 rings (SSSR count). The molecule has 114 valence electrons. The third kappa shape index (κ3) is 2.09. The molecule has 21 heavy (non-hydrogen) atoms. The number of fused-ring (bicyclic) bond motifs is 1. The summed E-state index contributed by atoms with van der Waals surface area (Å²) in [5.41, 5.74) is 1.72. The fourth-order valence-electron chi connectivity index (χ4n) is 4.66. The summed E-state index contributed by atoms with van der Waals surface area (Å²) >= 11 is 0. The second-order valence-corrected chi connectivity index (χ2v) is 6.74. The summed E-state index contributed by atoms with van der Waals surface area (Å²) < 4.78 is 11.8. The average molecular weight is 287 g/mol. The first-order chi connectivity index (χ1) is 10.3. The van der Waals surface area contributed by atoms with Crippen molar-refractivity contribution >= 4 is 0 Å². The van der Waals surface area contributed by atoms with Gasteiger partial charge in [-0.3, -0.25) is 0 Å². The van der Waals surface area contributed by atoms with E-state index in [1.54, 1.807) is 0 Å². The van der Waals surface area contributed by atoms with Gasteiger partial charge in [-0.1, -0.05) is 31.0 Å². The highest BCUT2D eigenvalue weighted by Gasteiger charge is 2.57. The molecule has 1 aromatic rings. The van der Waals surface area contributed by atoms with E-state index in [2.05, 4.69) is 30.4 Å². The lowest BCUT2D eigenvalue weighted by Crippen LogP contribution is -2.63. The molecule has 1 aliphatic heterocycles. The first-order valence-corrected chi connectivity index (χ1v) is 8.43.